The first-order chi connectivity index (χ1) is 9.90. The molecule has 1 aromatic heterocycles. The standard InChI is InChI=1S/C16H18FNO3/c1-11(12-5-3-6-13(17)9-12)15(19)18-10-16(2,20)14-7-4-8-21-14/h3-9,11,20H,10H2,1-2H3,(H,18,19). The molecule has 0 radical (unpaired) electrons. The van der Waals surface area contributed by atoms with E-state index in [1.54, 1.807) is 38.1 Å². The third-order valence-corrected chi connectivity index (χ3v) is 3.40. The van der Waals surface area contributed by atoms with Crippen molar-refractivity contribution in [1.82, 2.24) is 5.32 Å². The van der Waals surface area contributed by atoms with E-state index in [2.05, 4.69) is 5.32 Å². The summed E-state index contributed by atoms with van der Waals surface area (Å²) in [4.78, 5) is 12.1. The van der Waals surface area contributed by atoms with Gasteiger partial charge in [0.2, 0.25) is 5.91 Å². The highest BCUT2D eigenvalue weighted by Crippen LogP contribution is 2.21. The molecule has 2 rings (SSSR count). The fraction of sp³-hybridized carbons (Fsp3) is 0.312. The summed E-state index contributed by atoms with van der Waals surface area (Å²) in [5.41, 5.74) is -0.703. The first-order valence-electron chi connectivity index (χ1n) is 6.70. The van der Waals surface area contributed by atoms with Gasteiger partial charge >= 0.3 is 0 Å². The smallest absolute Gasteiger partial charge is 0.227 e. The van der Waals surface area contributed by atoms with Gasteiger partial charge in [0.15, 0.2) is 0 Å². The Balaban J connectivity index is 1.98. The zero-order chi connectivity index (χ0) is 15.5. The lowest BCUT2D eigenvalue weighted by Crippen LogP contribution is -2.40. The molecule has 4 nitrogen and oxygen atoms in total. The molecular formula is C16H18FNO3. The van der Waals surface area contributed by atoms with E-state index in [1.807, 2.05) is 0 Å². The number of carbonyl (C=O) groups excluding carboxylic acids is 1. The molecule has 0 aliphatic heterocycles. The van der Waals surface area contributed by atoms with Gasteiger partial charge in [0.25, 0.3) is 0 Å². The van der Waals surface area contributed by atoms with E-state index < -0.39 is 11.5 Å². The molecule has 0 aliphatic rings. The lowest BCUT2D eigenvalue weighted by Gasteiger charge is -2.22. The number of benzene rings is 1. The summed E-state index contributed by atoms with van der Waals surface area (Å²) < 4.78 is 18.3. The molecule has 2 atom stereocenters. The molecule has 0 aliphatic carbocycles. The van der Waals surface area contributed by atoms with Crippen LogP contribution in [0.15, 0.2) is 47.1 Å². The number of aliphatic hydroxyl groups is 1. The Hall–Kier alpha value is -2.14. The molecular weight excluding hydrogens is 273 g/mol. The Kier molecular flexibility index (Phi) is 4.43. The summed E-state index contributed by atoms with van der Waals surface area (Å²) >= 11 is 0. The maximum atomic E-state index is 13.2. The Bertz CT molecular complexity index is 608. The van der Waals surface area contributed by atoms with Gasteiger partial charge in [-0.3, -0.25) is 4.79 Å². The molecule has 5 heteroatoms. The second kappa shape index (κ2) is 6.10. The number of rotatable bonds is 5. The molecule has 1 amide bonds. The minimum absolute atomic E-state index is 0.0129. The van der Waals surface area contributed by atoms with Crippen LogP contribution >= 0.6 is 0 Å². The molecule has 1 aromatic carbocycles. The van der Waals surface area contributed by atoms with Gasteiger partial charge in [0.05, 0.1) is 18.7 Å². The zero-order valence-corrected chi connectivity index (χ0v) is 12.0. The summed E-state index contributed by atoms with van der Waals surface area (Å²) in [6.07, 6.45) is 1.46. The van der Waals surface area contributed by atoms with Crippen molar-refractivity contribution in [1.29, 1.82) is 0 Å². The molecule has 112 valence electrons. The maximum Gasteiger partial charge on any atom is 0.227 e. The Morgan fingerprint density at radius 1 is 1.43 bits per heavy atom. The Morgan fingerprint density at radius 2 is 2.19 bits per heavy atom. The Morgan fingerprint density at radius 3 is 2.81 bits per heavy atom. The topological polar surface area (TPSA) is 62.5 Å². The van der Waals surface area contributed by atoms with E-state index >= 15 is 0 Å². The van der Waals surface area contributed by atoms with E-state index in [0.717, 1.165) is 0 Å². The molecule has 2 N–H and O–H groups in total. The third kappa shape index (κ3) is 3.70. The maximum absolute atomic E-state index is 13.2. The lowest BCUT2D eigenvalue weighted by molar-refractivity contribution is -0.123. The van der Waals surface area contributed by atoms with Crippen LogP contribution in [-0.4, -0.2) is 17.6 Å². The fourth-order valence-electron chi connectivity index (χ4n) is 2.01. The van der Waals surface area contributed by atoms with Crippen molar-refractivity contribution < 1.29 is 18.7 Å². The van der Waals surface area contributed by atoms with E-state index in [4.69, 9.17) is 4.42 Å². The van der Waals surface area contributed by atoms with Gasteiger partial charge in [-0.15, -0.1) is 0 Å². The first kappa shape index (κ1) is 15.3. The second-order valence-corrected chi connectivity index (χ2v) is 5.25. The van der Waals surface area contributed by atoms with E-state index in [1.165, 1.54) is 18.4 Å². The summed E-state index contributed by atoms with van der Waals surface area (Å²) in [6, 6.07) is 9.22. The van der Waals surface area contributed by atoms with Gasteiger partial charge in [-0.25, -0.2) is 4.39 Å². The normalized spacial score (nSPS) is 15.2. The molecule has 0 bridgehead atoms. The van der Waals surface area contributed by atoms with Crippen LogP contribution in [0.2, 0.25) is 0 Å². The van der Waals surface area contributed by atoms with Gasteiger partial charge < -0.3 is 14.8 Å². The SMILES string of the molecule is CC(C(=O)NCC(C)(O)c1ccco1)c1cccc(F)c1. The van der Waals surface area contributed by atoms with Gasteiger partial charge in [-0.05, 0) is 43.7 Å². The minimum atomic E-state index is -1.29. The predicted octanol–water partition coefficient (Wildman–Crippen LogP) is 2.55. The molecule has 0 fully saturated rings. The van der Waals surface area contributed by atoms with Crippen molar-refractivity contribution in [3.63, 3.8) is 0 Å². The number of hydrogen-bond donors (Lipinski definition) is 2. The van der Waals surface area contributed by atoms with Crippen LogP contribution in [0.1, 0.15) is 31.1 Å². The minimum Gasteiger partial charge on any atom is -0.466 e. The molecule has 21 heavy (non-hydrogen) atoms. The number of carbonyl (C=O) groups is 1. The van der Waals surface area contributed by atoms with Crippen LogP contribution in [-0.2, 0) is 10.4 Å². The monoisotopic (exact) mass is 291 g/mol. The molecule has 0 saturated heterocycles. The average molecular weight is 291 g/mol. The first-order valence-corrected chi connectivity index (χ1v) is 6.70. The highest BCUT2D eigenvalue weighted by atomic mass is 19.1. The van der Waals surface area contributed by atoms with Crippen LogP contribution in [0, 0.1) is 5.82 Å². The largest absolute Gasteiger partial charge is 0.466 e. The molecule has 2 unspecified atom stereocenters. The van der Waals surface area contributed by atoms with E-state index in [-0.39, 0.29) is 18.3 Å². The zero-order valence-electron chi connectivity index (χ0n) is 12.0. The number of hydrogen-bond acceptors (Lipinski definition) is 3. The van der Waals surface area contributed by atoms with Gasteiger partial charge in [0, 0.05) is 0 Å². The average Bonchev–Trinajstić information content (AvgIpc) is 2.99. The highest BCUT2D eigenvalue weighted by Gasteiger charge is 2.27. The van der Waals surface area contributed by atoms with E-state index in [0.29, 0.717) is 11.3 Å². The summed E-state index contributed by atoms with van der Waals surface area (Å²) in [5.74, 6) is -0.795. The number of nitrogens with one attached hydrogen (secondary N) is 1. The van der Waals surface area contributed by atoms with Crippen molar-refractivity contribution >= 4 is 5.91 Å². The van der Waals surface area contributed by atoms with Crippen molar-refractivity contribution in [2.75, 3.05) is 6.54 Å². The molecule has 0 saturated carbocycles. The number of halogens is 1. The van der Waals surface area contributed by atoms with Gasteiger partial charge in [0.1, 0.15) is 17.2 Å². The van der Waals surface area contributed by atoms with Gasteiger partial charge in [-0.2, -0.15) is 0 Å². The van der Waals surface area contributed by atoms with Gasteiger partial charge in [-0.1, -0.05) is 12.1 Å². The Labute approximate surface area is 122 Å². The van der Waals surface area contributed by atoms with Crippen LogP contribution in [0.25, 0.3) is 0 Å². The van der Waals surface area contributed by atoms with Crippen LogP contribution in [0.5, 0.6) is 0 Å². The van der Waals surface area contributed by atoms with E-state index in [9.17, 15) is 14.3 Å². The van der Waals surface area contributed by atoms with Crippen LogP contribution in [0.3, 0.4) is 0 Å². The quantitative estimate of drug-likeness (QED) is 0.890. The van der Waals surface area contributed by atoms with Crippen molar-refractivity contribution in [3.05, 3.63) is 59.8 Å². The summed E-state index contributed by atoms with van der Waals surface area (Å²) in [7, 11) is 0. The van der Waals surface area contributed by atoms with Crippen molar-refractivity contribution in [2.45, 2.75) is 25.4 Å². The molecule has 2 aromatic rings. The second-order valence-electron chi connectivity index (χ2n) is 5.25. The number of amides is 1. The van der Waals surface area contributed by atoms with Crippen molar-refractivity contribution in [3.8, 4) is 0 Å². The van der Waals surface area contributed by atoms with Crippen molar-refractivity contribution in [2.24, 2.45) is 0 Å². The number of furan rings is 1. The fourth-order valence-corrected chi connectivity index (χ4v) is 2.01. The summed E-state index contributed by atoms with van der Waals surface area (Å²) in [6.45, 7) is 3.25. The third-order valence-electron chi connectivity index (χ3n) is 3.40. The predicted molar refractivity (Wildman–Crippen MR) is 76.1 cm³/mol. The highest BCUT2D eigenvalue weighted by molar-refractivity contribution is 5.83. The summed E-state index contributed by atoms with van der Waals surface area (Å²) in [5, 5.41) is 12.9. The van der Waals surface area contributed by atoms with Crippen LogP contribution in [0.4, 0.5) is 4.39 Å². The molecule has 0 spiro atoms. The lowest BCUT2D eigenvalue weighted by atomic mass is 9.99. The molecule has 1 heterocycles. The van der Waals surface area contributed by atoms with Crippen LogP contribution < -0.4 is 5.32 Å².